The summed E-state index contributed by atoms with van der Waals surface area (Å²) in [6, 6.07) is 27.2. The zero-order chi connectivity index (χ0) is 20.8. The molecule has 0 spiro atoms. The van der Waals surface area contributed by atoms with Crippen LogP contribution in [0, 0.1) is 0 Å². The van der Waals surface area contributed by atoms with E-state index in [1.807, 2.05) is 29.2 Å². The van der Waals surface area contributed by atoms with E-state index in [1.165, 1.54) is 5.56 Å². The lowest BCUT2D eigenvalue weighted by atomic mass is 10.1. The third-order valence-corrected chi connectivity index (χ3v) is 5.51. The number of phenolic OH excluding ortho intramolecular Hbond substituents is 1. The summed E-state index contributed by atoms with van der Waals surface area (Å²) in [7, 11) is 0. The number of carbonyl (C=O) groups is 1. The molecule has 1 aliphatic rings. The second kappa shape index (κ2) is 9.46. The number of rotatable bonds is 6. The van der Waals surface area contributed by atoms with E-state index in [2.05, 4.69) is 46.6 Å². The third-order valence-electron chi connectivity index (χ3n) is 5.51. The molecule has 0 bridgehead atoms. The Bertz CT molecular complexity index is 945. The van der Waals surface area contributed by atoms with Crippen LogP contribution in [-0.4, -0.2) is 40.1 Å². The first-order valence-electron chi connectivity index (χ1n) is 10.3. The number of hydrogen-bond donors (Lipinski definition) is 2. The van der Waals surface area contributed by atoms with E-state index in [0.717, 1.165) is 31.6 Å². The van der Waals surface area contributed by atoms with Crippen molar-refractivity contribution in [2.75, 3.05) is 18.4 Å². The van der Waals surface area contributed by atoms with Gasteiger partial charge < -0.3 is 15.3 Å². The van der Waals surface area contributed by atoms with Crippen LogP contribution in [0.3, 0.4) is 0 Å². The molecule has 3 aromatic carbocycles. The lowest BCUT2D eigenvalue weighted by Gasteiger charge is -2.29. The van der Waals surface area contributed by atoms with E-state index in [4.69, 9.17) is 0 Å². The Morgan fingerprint density at radius 3 is 2.23 bits per heavy atom. The molecule has 1 atom stereocenters. The summed E-state index contributed by atoms with van der Waals surface area (Å²) in [4.78, 5) is 17.5. The molecule has 3 aromatic rings. The molecule has 0 aromatic heterocycles. The van der Waals surface area contributed by atoms with Crippen molar-refractivity contribution in [3.8, 4) is 5.75 Å². The van der Waals surface area contributed by atoms with Crippen LogP contribution in [0.4, 0.5) is 10.5 Å². The van der Waals surface area contributed by atoms with Crippen molar-refractivity contribution in [3.63, 3.8) is 0 Å². The van der Waals surface area contributed by atoms with Crippen molar-refractivity contribution in [1.82, 2.24) is 9.80 Å². The van der Waals surface area contributed by atoms with Crippen LogP contribution < -0.4 is 5.32 Å². The fourth-order valence-electron chi connectivity index (χ4n) is 3.94. The number of urea groups is 1. The Labute approximate surface area is 177 Å². The van der Waals surface area contributed by atoms with Gasteiger partial charge in [-0.15, -0.1) is 0 Å². The van der Waals surface area contributed by atoms with Crippen LogP contribution in [0.25, 0.3) is 0 Å². The van der Waals surface area contributed by atoms with E-state index < -0.39 is 0 Å². The van der Waals surface area contributed by atoms with Gasteiger partial charge in [0, 0.05) is 37.9 Å². The maximum atomic E-state index is 13.2. The molecule has 154 valence electrons. The molecule has 0 aliphatic carbocycles. The van der Waals surface area contributed by atoms with Crippen LogP contribution in [0.2, 0.25) is 0 Å². The van der Waals surface area contributed by atoms with Gasteiger partial charge in [0.2, 0.25) is 0 Å². The summed E-state index contributed by atoms with van der Waals surface area (Å²) in [6.07, 6.45) is 0.947. The van der Waals surface area contributed by atoms with Crippen molar-refractivity contribution in [2.24, 2.45) is 0 Å². The number of carbonyl (C=O) groups excluding carboxylic acids is 1. The van der Waals surface area contributed by atoms with E-state index >= 15 is 0 Å². The van der Waals surface area contributed by atoms with E-state index in [9.17, 15) is 9.90 Å². The smallest absolute Gasteiger partial charge is 0.322 e. The second-order valence-corrected chi connectivity index (χ2v) is 7.75. The van der Waals surface area contributed by atoms with Gasteiger partial charge in [-0.05, 0) is 41.8 Å². The van der Waals surface area contributed by atoms with Gasteiger partial charge in [-0.1, -0.05) is 60.7 Å². The molecule has 1 saturated heterocycles. The average Bonchev–Trinajstić information content (AvgIpc) is 3.23. The number of likely N-dealkylation sites (tertiary alicyclic amines) is 1. The summed E-state index contributed by atoms with van der Waals surface area (Å²) in [6.45, 7) is 3.28. The highest BCUT2D eigenvalue weighted by Crippen LogP contribution is 2.22. The third kappa shape index (κ3) is 5.19. The maximum absolute atomic E-state index is 13.2. The Hall–Kier alpha value is -3.31. The second-order valence-electron chi connectivity index (χ2n) is 7.75. The van der Waals surface area contributed by atoms with Crippen LogP contribution in [-0.2, 0) is 13.1 Å². The molecular formula is C25H27N3O2. The highest BCUT2D eigenvalue weighted by molar-refractivity contribution is 5.89. The lowest BCUT2D eigenvalue weighted by molar-refractivity contribution is 0.181. The van der Waals surface area contributed by atoms with Gasteiger partial charge in [-0.2, -0.15) is 0 Å². The minimum absolute atomic E-state index is 0.115. The highest BCUT2D eigenvalue weighted by atomic mass is 16.3. The standard InChI is InChI=1S/C25H27N3O2/c29-24-13-11-22(12-14-24)26-25(30)28(18-21-9-5-2-6-10-21)23-15-16-27(19-23)17-20-7-3-1-4-8-20/h1-14,23,29H,15-19H2,(H,26,30). The lowest BCUT2D eigenvalue weighted by Crippen LogP contribution is -2.43. The van der Waals surface area contributed by atoms with Crippen LogP contribution in [0.1, 0.15) is 17.5 Å². The largest absolute Gasteiger partial charge is 0.508 e. The Kier molecular flexibility index (Phi) is 6.30. The molecule has 2 amide bonds. The topological polar surface area (TPSA) is 55.8 Å². The van der Waals surface area contributed by atoms with Crippen molar-refractivity contribution < 1.29 is 9.90 Å². The molecule has 4 rings (SSSR count). The van der Waals surface area contributed by atoms with Gasteiger partial charge >= 0.3 is 6.03 Å². The van der Waals surface area contributed by atoms with Crippen LogP contribution >= 0.6 is 0 Å². The highest BCUT2D eigenvalue weighted by Gasteiger charge is 2.31. The molecule has 30 heavy (non-hydrogen) atoms. The summed E-state index contributed by atoms with van der Waals surface area (Å²) in [5, 5.41) is 12.5. The number of anilines is 1. The fourth-order valence-corrected chi connectivity index (χ4v) is 3.94. The number of benzene rings is 3. The molecule has 1 unspecified atom stereocenters. The van der Waals surface area contributed by atoms with Crippen molar-refractivity contribution in [1.29, 1.82) is 0 Å². The molecule has 0 radical (unpaired) electrons. The number of aromatic hydroxyl groups is 1. The summed E-state index contributed by atoms with van der Waals surface area (Å²) < 4.78 is 0. The SMILES string of the molecule is O=C(Nc1ccc(O)cc1)N(Cc1ccccc1)C1CCN(Cc2ccccc2)C1. The van der Waals surface area contributed by atoms with Crippen molar-refractivity contribution >= 4 is 11.7 Å². The zero-order valence-electron chi connectivity index (χ0n) is 16.9. The Balaban J connectivity index is 1.47. The number of hydrogen-bond acceptors (Lipinski definition) is 3. The molecule has 2 N–H and O–H groups in total. The number of nitrogens with one attached hydrogen (secondary N) is 1. The van der Waals surface area contributed by atoms with E-state index in [0.29, 0.717) is 12.2 Å². The molecule has 1 aliphatic heterocycles. The van der Waals surface area contributed by atoms with Crippen molar-refractivity contribution in [3.05, 3.63) is 96.1 Å². The molecular weight excluding hydrogens is 374 g/mol. The fraction of sp³-hybridized carbons (Fsp3) is 0.240. The Morgan fingerprint density at radius 2 is 1.57 bits per heavy atom. The monoisotopic (exact) mass is 401 g/mol. The van der Waals surface area contributed by atoms with Gasteiger partial charge in [-0.3, -0.25) is 4.90 Å². The van der Waals surface area contributed by atoms with Gasteiger partial charge in [0.25, 0.3) is 0 Å². The summed E-state index contributed by atoms with van der Waals surface area (Å²) in [5.41, 5.74) is 3.08. The predicted octanol–water partition coefficient (Wildman–Crippen LogP) is 4.70. The van der Waals surface area contributed by atoms with Gasteiger partial charge in [0.15, 0.2) is 0 Å². The number of amides is 2. The molecule has 1 fully saturated rings. The summed E-state index contributed by atoms with van der Waals surface area (Å²) in [5.74, 6) is 0.182. The van der Waals surface area contributed by atoms with E-state index in [1.54, 1.807) is 24.3 Å². The van der Waals surface area contributed by atoms with Crippen LogP contribution in [0.15, 0.2) is 84.9 Å². The minimum atomic E-state index is -0.115. The first-order valence-corrected chi connectivity index (χ1v) is 10.3. The minimum Gasteiger partial charge on any atom is -0.508 e. The van der Waals surface area contributed by atoms with E-state index in [-0.39, 0.29) is 17.8 Å². The number of nitrogens with zero attached hydrogens (tertiary/aromatic N) is 2. The van der Waals surface area contributed by atoms with Gasteiger partial charge in [0.05, 0.1) is 0 Å². The quantitative estimate of drug-likeness (QED) is 0.589. The zero-order valence-corrected chi connectivity index (χ0v) is 16.9. The molecule has 1 heterocycles. The molecule has 5 nitrogen and oxygen atoms in total. The van der Waals surface area contributed by atoms with Gasteiger partial charge in [0.1, 0.15) is 5.75 Å². The average molecular weight is 402 g/mol. The maximum Gasteiger partial charge on any atom is 0.322 e. The first kappa shape index (κ1) is 20.0. The first-order chi connectivity index (χ1) is 14.7. The normalized spacial score (nSPS) is 16.3. The Morgan fingerprint density at radius 1 is 0.933 bits per heavy atom. The molecule has 5 heteroatoms. The summed E-state index contributed by atoms with van der Waals surface area (Å²) >= 11 is 0. The van der Waals surface area contributed by atoms with Crippen LogP contribution in [0.5, 0.6) is 5.75 Å². The predicted molar refractivity (Wildman–Crippen MR) is 119 cm³/mol. The molecule has 0 saturated carbocycles. The van der Waals surface area contributed by atoms with Gasteiger partial charge in [-0.25, -0.2) is 4.79 Å². The number of phenols is 1. The van der Waals surface area contributed by atoms with Crippen molar-refractivity contribution in [2.45, 2.75) is 25.6 Å².